The van der Waals surface area contributed by atoms with Crippen LogP contribution in [0.1, 0.15) is 12.0 Å². The van der Waals surface area contributed by atoms with Gasteiger partial charge in [-0.05, 0) is 39.7 Å². The second kappa shape index (κ2) is 6.62. The van der Waals surface area contributed by atoms with E-state index in [-0.39, 0.29) is 18.1 Å². The van der Waals surface area contributed by atoms with Gasteiger partial charge in [-0.2, -0.15) is 0 Å². The first-order valence-electron chi connectivity index (χ1n) is 6.13. The smallest absolute Gasteiger partial charge is 0.347 e. The van der Waals surface area contributed by atoms with E-state index in [1.165, 1.54) is 19.3 Å². The molecule has 0 radical (unpaired) electrons. The topological polar surface area (TPSA) is 82.1 Å². The Labute approximate surface area is 129 Å². The van der Waals surface area contributed by atoms with E-state index in [0.717, 1.165) is 0 Å². The highest BCUT2D eigenvalue weighted by Gasteiger charge is 2.29. The minimum Gasteiger partial charge on any atom is -0.503 e. The molecule has 112 valence electrons. The Bertz CT molecular complexity index is 595. The first kappa shape index (κ1) is 15.4. The molecule has 1 aliphatic heterocycles. The zero-order valence-corrected chi connectivity index (χ0v) is 12.8. The fraction of sp³-hybridized carbons (Fsp3) is 0.286. The molecule has 1 heterocycles. The molecule has 1 N–H and O–H groups in total. The van der Waals surface area contributed by atoms with Crippen molar-refractivity contribution in [1.82, 2.24) is 0 Å². The van der Waals surface area contributed by atoms with Crippen molar-refractivity contribution in [2.24, 2.45) is 0 Å². The first-order chi connectivity index (χ1) is 10.0. The number of rotatable bonds is 4. The van der Waals surface area contributed by atoms with Gasteiger partial charge in [0.05, 0.1) is 18.2 Å². The predicted octanol–water partition coefficient (Wildman–Crippen LogP) is 2.04. The van der Waals surface area contributed by atoms with Crippen molar-refractivity contribution < 1.29 is 28.9 Å². The Hall–Kier alpha value is -2.02. The van der Waals surface area contributed by atoms with Crippen LogP contribution in [0.4, 0.5) is 0 Å². The summed E-state index contributed by atoms with van der Waals surface area (Å²) in [6, 6.07) is 3.18. The molecule has 0 aromatic heterocycles. The molecule has 6 nitrogen and oxygen atoms in total. The number of phenolic OH excluding ortho intramolecular Hbond substituents is 1. The number of ether oxygens (including phenoxy) is 3. The van der Waals surface area contributed by atoms with Gasteiger partial charge in [-0.3, -0.25) is 0 Å². The number of hydrogen-bond donors (Lipinski definition) is 1. The monoisotopic (exact) mass is 356 g/mol. The average molecular weight is 357 g/mol. The van der Waals surface area contributed by atoms with Gasteiger partial charge < -0.3 is 19.3 Å². The summed E-state index contributed by atoms with van der Waals surface area (Å²) in [6.07, 6.45) is 2.24. The Balaban J connectivity index is 2.05. The highest BCUT2D eigenvalue weighted by Crippen LogP contribution is 2.35. The predicted molar refractivity (Wildman–Crippen MR) is 76.8 cm³/mol. The number of aromatic hydroxyl groups is 1. The maximum atomic E-state index is 11.6. The van der Waals surface area contributed by atoms with Gasteiger partial charge in [0.25, 0.3) is 0 Å². The number of halogens is 1. The molecule has 0 saturated carbocycles. The van der Waals surface area contributed by atoms with Crippen molar-refractivity contribution in [1.29, 1.82) is 0 Å². The van der Waals surface area contributed by atoms with Crippen molar-refractivity contribution in [3.8, 4) is 11.5 Å². The molecule has 1 aliphatic rings. The number of methoxy groups -OCH3 is 1. The zero-order valence-electron chi connectivity index (χ0n) is 11.2. The number of carbonyl (C=O) groups is 2. The van der Waals surface area contributed by atoms with E-state index < -0.39 is 18.0 Å². The molecular weight excluding hydrogens is 344 g/mol. The van der Waals surface area contributed by atoms with Gasteiger partial charge in [-0.25, -0.2) is 9.59 Å². The zero-order chi connectivity index (χ0) is 15.4. The second-order valence-corrected chi connectivity index (χ2v) is 5.12. The molecule has 0 aliphatic carbocycles. The summed E-state index contributed by atoms with van der Waals surface area (Å²) >= 11 is 3.18. The Morgan fingerprint density at radius 3 is 2.90 bits per heavy atom. The summed E-state index contributed by atoms with van der Waals surface area (Å²) in [5.74, 6) is -0.907. The van der Waals surface area contributed by atoms with Crippen LogP contribution in [0.2, 0.25) is 0 Å². The largest absolute Gasteiger partial charge is 0.503 e. The maximum absolute atomic E-state index is 11.6. The minimum absolute atomic E-state index is 0.0223. The molecule has 2 rings (SSSR count). The molecule has 1 fully saturated rings. The fourth-order valence-corrected chi connectivity index (χ4v) is 2.23. The van der Waals surface area contributed by atoms with Gasteiger partial charge in [0.2, 0.25) is 6.10 Å². The fourth-order valence-electron chi connectivity index (χ4n) is 1.77. The van der Waals surface area contributed by atoms with Crippen LogP contribution >= 0.6 is 15.9 Å². The first-order valence-corrected chi connectivity index (χ1v) is 6.92. The number of cyclic esters (lactones) is 1. The third-order valence-electron chi connectivity index (χ3n) is 2.83. The standard InChI is InChI=1S/C14H13BrO6/c1-19-11-7-8(6-9(15)13(11)17)2-3-12(16)21-10-4-5-20-14(10)18/h2-3,6-7,10,17H,4-5H2,1H3/b3-2+/t10-/m0/s1. The van der Waals surface area contributed by atoms with Gasteiger partial charge >= 0.3 is 11.9 Å². The lowest BCUT2D eigenvalue weighted by Crippen LogP contribution is -2.21. The summed E-state index contributed by atoms with van der Waals surface area (Å²) < 4.78 is 15.1. The molecule has 1 atom stereocenters. The molecular formula is C14H13BrO6. The average Bonchev–Trinajstić information content (AvgIpc) is 2.85. The molecule has 0 bridgehead atoms. The highest BCUT2D eigenvalue weighted by molar-refractivity contribution is 9.10. The summed E-state index contributed by atoms with van der Waals surface area (Å²) in [6.45, 7) is 0.266. The van der Waals surface area contributed by atoms with Crippen molar-refractivity contribution in [2.75, 3.05) is 13.7 Å². The lowest BCUT2D eigenvalue weighted by Gasteiger charge is -2.07. The number of hydrogen-bond acceptors (Lipinski definition) is 6. The lowest BCUT2D eigenvalue weighted by atomic mass is 10.2. The molecule has 0 amide bonds. The van der Waals surface area contributed by atoms with Crippen LogP contribution in [0.25, 0.3) is 6.08 Å². The van der Waals surface area contributed by atoms with Crippen LogP contribution in [0.3, 0.4) is 0 Å². The van der Waals surface area contributed by atoms with Crippen LogP contribution < -0.4 is 4.74 Å². The second-order valence-electron chi connectivity index (χ2n) is 4.27. The normalized spacial score (nSPS) is 17.8. The molecule has 1 aromatic rings. The highest BCUT2D eigenvalue weighted by atomic mass is 79.9. The van der Waals surface area contributed by atoms with Crippen molar-refractivity contribution in [2.45, 2.75) is 12.5 Å². The van der Waals surface area contributed by atoms with Gasteiger partial charge in [-0.15, -0.1) is 0 Å². The molecule has 1 aromatic carbocycles. The van der Waals surface area contributed by atoms with Crippen molar-refractivity contribution in [3.63, 3.8) is 0 Å². The van der Waals surface area contributed by atoms with Crippen LogP contribution in [0.5, 0.6) is 11.5 Å². The molecule has 0 unspecified atom stereocenters. The van der Waals surface area contributed by atoms with E-state index >= 15 is 0 Å². The maximum Gasteiger partial charge on any atom is 0.347 e. The van der Waals surface area contributed by atoms with E-state index in [1.54, 1.807) is 12.1 Å². The van der Waals surface area contributed by atoms with Crippen LogP contribution in [0, 0.1) is 0 Å². The van der Waals surface area contributed by atoms with E-state index in [0.29, 0.717) is 16.5 Å². The molecule has 1 saturated heterocycles. The summed E-state index contributed by atoms with van der Waals surface area (Å²) in [5.41, 5.74) is 0.627. The van der Waals surface area contributed by atoms with Crippen LogP contribution in [-0.2, 0) is 19.1 Å². The van der Waals surface area contributed by atoms with Gasteiger partial charge in [0.15, 0.2) is 11.5 Å². The van der Waals surface area contributed by atoms with Crippen molar-refractivity contribution >= 4 is 33.9 Å². The third-order valence-corrected chi connectivity index (χ3v) is 3.43. The Morgan fingerprint density at radius 2 is 2.29 bits per heavy atom. The minimum atomic E-state index is -0.830. The number of esters is 2. The lowest BCUT2D eigenvalue weighted by molar-refractivity contribution is -0.156. The summed E-state index contributed by atoms with van der Waals surface area (Å²) in [5, 5.41) is 9.68. The Kier molecular flexibility index (Phi) is 4.85. The third kappa shape index (κ3) is 3.75. The van der Waals surface area contributed by atoms with Crippen LogP contribution in [-0.4, -0.2) is 36.9 Å². The number of carbonyl (C=O) groups excluding carboxylic acids is 2. The van der Waals surface area contributed by atoms with Gasteiger partial charge in [0, 0.05) is 12.5 Å². The van der Waals surface area contributed by atoms with E-state index in [1.807, 2.05) is 0 Å². The van der Waals surface area contributed by atoms with E-state index in [9.17, 15) is 14.7 Å². The quantitative estimate of drug-likeness (QED) is 0.656. The van der Waals surface area contributed by atoms with Gasteiger partial charge in [-0.1, -0.05) is 0 Å². The summed E-state index contributed by atoms with van der Waals surface area (Å²) in [7, 11) is 1.43. The van der Waals surface area contributed by atoms with Gasteiger partial charge in [0.1, 0.15) is 0 Å². The molecule has 0 spiro atoms. The molecule has 7 heteroatoms. The summed E-state index contributed by atoms with van der Waals surface area (Å²) in [4.78, 5) is 22.8. The van der Waals surface area contributed by atoms with E-state index in [4.69, 9.17) is 14.2 Å². The van der Waals surface area contributed by atoms with Crippen LogP contribution in [0.15, 0.2) is 22.7 Å². The Morgan fingerprint density at radius 1 is 1.52 bits per heavy atom. The van der Waals surface area contributed by atoms with Crippen molar-refractivity contribution in [3.05, 3.63) is 28.2 Å². The number of phenols is 1. The number of benzene rings is 1. The van der Waals surface area contributed by atoms with E-state index in [2.05, 4.69) is 15.9 Å². The molecule has 21 heavy (non-hydrogen) atoms. The SMILES string of the molecule is COc1cc(/C=C/C(=O)O[C@H]2CCOC2=O)cc(Br)c1O.